The van der Waals surface area contributed by atoms with Crippen LogP contribution in [0.4, 0.5) is 0 Å². The molecule has 1 N–H and O–H groups in total. The maximum absolute atomic E-state index is 12.0. The number of nitrogens with zero attached hydrogens (tertiary/aromatic N) is 1. The predicted octanol–water partition coefficient (Wildman–Crippen LogP) is 4.36. The lowest BCUT2D eigenvalue weighted by Gasteiger charge is -2.14. The fourth-order valence-corrected chi connectivity index (χ4v) is 3.58. The van der Waals surface area contributed by atoms with E-state index in [2.05, 4.69) is 42.5 Å². The van der Waals surface area contributed by atoms with Crippen molar-refractivity contribution in [3.63, 3.8) is 0 Å². The van der Waals surface area contributed by atoms with Gasteiger partial charge in [0, 0.05) is 22.4 Å². The van der Waals surface area contributed by atoms with E-state index in [0.717, 1.165) is 29.1 Å². The molecule has 5 heteroatoms. The molecule has 0 spiro atoms. The van der Waals surface area contributed by atoms with Crippen molar-refractivity contribution in [3.8, 4) is 10.6 Å². The molecule has 0 aliphatic rings. The molecule has 1 atom stereocenters. The van der Waals surface area contributed by atoms with Crippen LogP contribution in [0.15, 0.2) is 22.2 Å². The molecule has 2 rings (SSSR count). The number of rotatable bonds is 7. The highest BCUT2D eigenvalue weighted by atomic mass is 32.1. The van der Waals surface area contributed by atoms with Crippen molar-refractivity contribution in [1.82, 2.24) is 10.3 Å². The van der Waals surface area contributed by atoms with Gasteiger partial charge in [-0.05, 0) is 37.1 Å². The van der Waals surface area contributed by atoms with E-state index in [-0.39, 0.29) is 11.9 Å². The molecule has 0 aliphatic carbocycles. The third kappa shape index (κ3) is 5.25. The lowest BCUT2D eigenvalue weighted by molar-refractivity contribution is -0.121. The Kier molecular flexibility index (Phi) is 5.94. The van der Waals surface area contributed by atoms with E-state index in [1.54, 1.807) is 22.7 Å². The largest absolute Gasteiger partial charge is 0.353 e. The molecule has 3 nitrogen and oxygen atoms in total. The second-order valence-electron chi connectivity index (χ2n) is 5.77. The molecule has 0 aliphatic heterocycles. The van der Waals surface area contributed by atoms with Crippen LogP contribution in [0.5, 0.6) is 0 Å². The van der Waals surface area contributed by atoms with Gasteiger partial charge in [-0.1, -0.05) is 13.8 Å². The van der Waals surface area contributed by atoms with Crippen molar-refractivity contribution in [2.45, 2.75) is 46.1 Å². The van der Waals surface area contributed by atoms with Gasteiger partial charge >= 0.3 is 0 Å². The zero-order valence-electron chi connectivity index (χ0n) is 12.8. The van der Waals surface area contributed by atoms with Crippen LogP contribution in [0.25, 0.3) is 10.6 Å². The first-order valence-electron chi connectivity index (χ1n) is 7.31. The molecule has 0 saturated carbocycles. The molecule has 1 amide bonds. The highest BCUT2D eigenvalue weighted by molar-refractivity contribution is 7.14. The summed E-state index contributed by atoms with van der Waals surface area (Å²) in [5.41, 5.74) is 2.00. The summed E-state index contributed by atoms with van der Waals surface area (Å²) in [6, 6.07) is 2.29. The van der Waals surface area contributed by atoms with E-state index in [1.807, 2.05) is 10.8 Å². The number of carbonyl (C=O) groups is 1. The first kappa shape index (κ1) is 16.2. The fraction of sp³-hybridized carbons (Fsp3) is 0.500. The highest BCUT2D eigenvalue weighted by Gasteiger charge is 2.12. The topological polar surface area (TPSA) is 42.0 Å². The second kappa shape index (κ2) is 7.71. The minimum Gasteiger partial charge on any atom is -0.353 e. The van der Waals surface area contributed by atoms with Crippen molar-refractivity contribution >= 4 is 28.6 Å². The van der Waals surface area contributed by atoms with Crippen LogP contribution in [0.2, 0.25) is 0 Å². The zero-order chi connectivity index (χ0) is 15.2. The number of hydrogen-bond donors (Lipinski definition) is 1. The first-order valence-corrected chi connectivity index (χ1v) is 9.13. The van der Waals surface area contributed by atoms with Crippen LogP contribution in [0.3, 0.4) is 0 Å². The highest BCUT2D eigenvalue weighted by Crippen LogP contribution is 2.25. The molecule has 0 fully saturated rings. The maximum atomic E-state index is 12.0. The average Bonchev–Trinajstić information content (AvgIpc) is 3.06. The first-order chi connectivity index (χ1) is 10.0. The van der Waals surface area contributed by atoms with E-state index < -0.39 is 0 Å². The molecule has 0 radical (unpaired) electrons. The Morgan fingerprint density at radius 3 is 2.76 bits per heavy atom. The third-order valence-electron chi connectivity index (χ3n) is 3.25. The molecule has 2 aromatic rings. The Hall–Kier alpha value is -1.20. The van der Waals surface area contributed by atoms with Crippen LogP contribution >= 0.6 is 22.7 Å². The number of carbonyl (C=O) groups excluding carboxylic acids is 1. The monoisotopic (exact) mass is 322 g/mol. The SMILES string of the molecule is CC(C)CCC(C)NC(=O)Cc1csc(-c2ccsc2)n1. The number of nitrogens with one attached hydrogen (secondary N) is 1. The minimum absolute atomic E-state index is 0.0634. The summed E-state index contributed by atoms with van der Waals surface area (Å²) in [6.07, 6.45) is 2.54. The van der Waals surface area contributed by atoms with Crippen molar-refractivity contribution < 1.29 is 4.79 Å². The molecule has 1 unspecified atom stereocenters. The third-order valence-corrected chi connectivity index (χ3v) is 4.87. The van der Waals surface area contributed by atoms with E-state index in [9.17, 15) is 4.79 Å². The van der Waals surface area contributed by atoms with Crippen molar-refractivity contribution in [3.05, 3.63) is 27.9 Å². The summed E-state index contributed by atoms with van der Waals surface area (Å²) in [5, 5.41) is 10.1. The summed E-state index contributed by atoms with van der Waals surface area (Å²) in [6.45, 7) is 6.48. The van der Waals surface area contributed by atoms with Gasteiger partial charge in [-0.25, -0.2) is 4.98 Å². The lowest BCUT2D eigenvalue weighted by Crippen LogP contribution is -2.33. The average molecular weight is 322 g/mol. The molecule has 0 bridgehead atoms. The quantitative estimate of drug-likeness (QED) is 0.823. The van der Waals surface area contributed by atoms with Gasteiger partial charge < -0.3 is 5.32 Å². The molecule has 2 aromatic heterocycles. The van der Waals surface area contributed by atoms with Gasteiger partial charge in [0.15, 0.2) is 0 Å². The molecule has 114 valence electrons. The van der Waals surface area contributed by atoms with Crippen LogP contribution in [-0.2, 0) is 11.2 Å². The fourth-order valence-electron chi connectivity index (χ4n) is 2.05. The lowest BCUT2D eigenvalue weighted by atomic mass is 10.0. The van der Waals surface area contributed by atoms with Gasteiger partial charge in [-0.2, -0.15) is 11.3 Å². The molecule has 0 aromatic carbocycles. The maximum Gasteiger partial charge on any atom is 0.226 e. The van der Waals surface area contributed by atoms with Crippen molar-refractivity contribution in [2.24, 2.45) is 5.92 Å². The summed E-state index contributed by atoms with van der Waals surface area (Å²) < 4.78 is 0. The minimum atomic E-state index is 0.0634. The number of hydrogen-bond acceptors (Lipinski definition) is 4. The molecule has 2 heterocycles. The summed E-state index contributed by atoms with van der Waals surface area (Å²) in [5.74, 6) is 0.740. The Balaban J connectivity index is 1.83. The van der Waals surface area contributed by atoms with Crippen LogP contribution in [-0.4, -0.2) is 16.9 Å². The van der Waals surface area contributed by atoms with Gasteiger partial charge in [0.1, 0.15) is 5.01 Å². The number of aromatic nitrogens is 1. The van der Waals surface area contributed by atoms with Gasteiger partial charge in [-0.3, -0.25) is 4.79 Å². The Labute approximate surface area is 134 Å². The second-order valence-corrected chi connectivity index (χ2v) is 7.41. The van der Waals surface area contributed by atoms with Crippen molar-refractivity contribution in [1.29, 1.82) is 0 Å². The summed E-state index contributed by atoms with van der Waals surface area (Å²) >= 11 is 3.26. The Morgan fingerprint density at radius 1 is 1.29 bits per heavy atom. The van der Waals surface area contributed by atoms with Crippen LogP contribution in [0, 0.1) is 5.92 Å². The standard InChI is InChI=1S/C16H22N2OS2/c1-11(2)4-5-12(3)17-15(19)8-14-10-21-16(18-14)13-6-7-20-9-13/h6-7,9-12H,4-5,8H2,1-3H3,(H,17,19). The number of thiophene rings is 1. The van der Waals surface area contributed by atoms with E-state index in [4.69, 9.17) is 0 Å². The predicted molar refractivity (Wildman–Crippen MR) is 90.8 cm³/mol. The Morgan fingerprint density at radius 2 is 2.10 bits per heavy atom. The molecular formula is C16H22N2OS2. The van der Waals surface area contributed by atoms with E-state index in [1.165, 1.54) is 0 Å². The van der Waals surface area contributed by atoms with Gasteiger partial charge in [-0.15, -0.1) is 11.3 Å². The summed E-state index contributed by atoms with van der Waals surface area (Å²) in [4.78, 5) is 16.6. The number of amides is 1. The normalized spacial score (nSPS) is 12.6. The zero-order valence-corrected chi connectivity index (χ0v) is 14.4. The smallest absolute Gasteiger partial charge is 0.226 e. The number of thiazole rings is 1. The van der Waals surface area contributed by atoms with E-state index >= 15 is 0 Å². The van der Waals surface area contributed by atoms with Gasteiger partial charge in [0.05, 0.1) is 12.1 Å². The Bertz CT molecular complexity index is 561. The summed E-state index contributed by atoms with van der Waals surface area (Å²) in [7, 11) is 0. The molecular weight excluding hydrogens is 300 g/mol. The van der Waals surface area contributed by atoms with Crippen molar-refractivity contribution in [2.75, 3.05) is 0 Å². The van der Waals surface area contributed by atoms with Gasteiger partial charge in [0.2, 0.25) is 5.91 Å². The van der Waals surface area contributed by atoms with E-state index in [0.29, 0.717) is 12.3 Å². The van der Waals surface area contributed by atoms with Gasteiger partial charge in [0.25, 0.3) is 0 Å². The molecule has 21 heavy (non-hydrogen) atoms. The van der Waals surface area contributed by atoms with Crippen LogP contribution in [0.1, 0.15) is 39.3 Å². The molecule has 0 saturated heterocycles. The van der Waals surface area contributed by atoms with Crippen LogP contribution < -0.4 is 5.32 Å².